The van der Waals surface area contributed by atoms with Gasteiger partial charge in [0.25, 0.3) is 0 Å². The highest BCUT2D eigenvalue weighted by molar-refractivity contribution is 5.79. The molecule has 1 aliphatic rings. The number of carboxylic acids is 1. The Morgan fingerprint density at radius 1 is 1.75 bits per heavy atom. The van der Waals surface area contributed by atoms with E-state index in [-0.39, 0.29) is 0 Å². The van der Waals surface area contributed by atoms with Crippen LogP contribution in [0.15, 0.2) is 11.1 Å². The molecule has 12 heavy (non-hydrogen) atoms. The van der Waals surface area contributed by atoms with Crippen LogP contribution in [0.25, 0.3) is 0 Å². The van der Waals surface area contributed by atoms with Gasteiger partial charge in [-0.2, -0.15) is 5.10 Å². The van der Waals surface area contributed by atoms with Gasteiger partial charge in [0, 0.05) is 0 Å². The van der Waals surface area contributed by atoms with Crippen molar-refractivity contribution in [3.63, 3.8) is 0 Å². The molecule has 0 aliphatic heterocycles. The van der Waals surface area contributed by atoms with Gasteiger partial charge in [-0.05, 0) is 12.8 Å². The lowest BCUT2D eigenvalue weighted by Gasteiger charge is -2.07. The Labute approximate surface area is 66.8 Å². The van der Waals surface area contributed by atoms with Gasteiger partial charge >= 0.3 is 11.7 Å². The summed E-state index contributed by atoms with van der Waals surface area (Å²) in [5.41, 5.74) is -1.47. The fraction of sp³-hybridized carbons (Fsp3) is 0.500. The van der Waals surface area contributed by atoms with Crippen molar-refractivity contribution in [2.24, 2.45) is 0 Å². The number of hydrogen-bond acceptors (Lipinski definition) is 3. The Bertz CT molecular complexity index is 373. The summed E-state index contributed by atoms with van der Waals surface area (Å²) in [5.74, 6) is -0.967. The second-order valence-corrected chi connectivity index (χ2v) is 2.87. The summed E-state index contributed by atoms with van der Waals surface area (Å²) in [5, 5.41) is 14.4. The summed E-state index contributed by atoms with van der Waals surface area (Å²) in [6.07, 6.45) is 2.23. The first-order chi connectivity index (χ1) is 5.67. The maximum Gasteiger partial charge on any atom is 0.344 e. The van der Waals surface area contributed by atoms with Gasteiger partial charge in [-0.3, -0.25) is 4.57 Å². The maximum atomic E-state index is 11.0. The molecular weight excluding hydrogens is 162 g/mol. The monoisotopic (exact) mass is 169 g/mol. The normalized spacial score (nSPS) is 19.0. The molecule has 0 unspecified atom stereocenters. The minimum atomic E-state index is -1.01. The summed E-state index contributed by atoms with van der Waals surface area (Å²) in [4.78, 5) is 21.7. The van der Waals surface area contributed by atoms with E-state index in [1.54, 1.807) is 0 Å². The number of nitrogens with zero attached hydrogens (tertiary/aromatic N) is 2. The van der Waals surface area contributed by atoms with E-state index in [1.807, 2.05) is 0 Å². The minimum Gasteiger partial charge on any atom is -0.479 e. The first-order valence-corrected chi connectivity index (χ1v) is 3.53. The first-order valence-electron chi connectivity index (χ1n) is 3.53. The quantitative estimate of drug-likeness (QED) is 0.603. The highest BCUT2D eigenvalue weighted by atomic mass is 16.4. The van der Waals surface area contributed by atoms with E-state index in [0.717, 1.165) is 4.57 Å². The second-order valence-electron chi connectivity index (χ2n) is 2.87. The molecule has 0 atom stereocenters. The Kier molecular flexibility index (Phi) is 1.16. The van der Waals surface area contributed by atoms with Crippen LogP contribution in [0.3, 0.4) is 0 Å². The first kappa shape index (κ1) is 7.08. The predicted molar refractivity (Wildman–Crippen MR) is 37.7 cm³/mol. The van der Waals surface area contributed by atoms with Crippen LogP contribution in [-0.4, -0.2) is 25.8 Å². The summed E-state index contributed by atoms with van der Waals surface area (Å²) in [7, 11) is 0. The van der Waals surface area contributed by atoms with Crippen molar-refractivity contribution in [1.29, 1.82) is 0 Å². The Balaban J connectivity index is 2.50. The topological polar surface area (TPSA) is 88.0 Å². The van der Waals surface area contributed by atoms with Gasteiger partial charge < -0.3 is 5.11 Å². The molecule has 1 fully saturated rings. The zero-order valence-corrected chi connectivity index (χ0v) is 6.15. The average Bonchev–Trinajstić information content (AvgIpc) is 2.71. The third-order valence-corrected chi connectivity index (χ3v) is 2.14. The molecule has 64 valence electrons. The Hall–Kier alpha value is -1.59. The molecule has 2 rings (SSSR count). The van der Waals surface area contributed by atoms with Crippen LogP contribution in [0.1, 0.15) is 12.8 Å². The van der Waals surface area contributed by atoms with E-state index in [4.69, 9.17) is 5.11 Å². The summed E-state index contributed by atoms with van der Waals surface area (Å²) in [6, 6.07) is 0. The van der Waals surface area contributed by atoms with E-state index in [2.05, 4.69) is 10.2 Å². The average molecular weight is 169 g/mol. The van der Waals surface area contributed by atoms with Crippen LogP contribution in [-0.2, 0) is 10.3 Å². The highest BCUT2D eigenvalue weighted by Gasteiger charge is 2.53. The van der Waals surface area contributed by atoms with Crippen molar-refractivity contribution >= 4 is 5.97 Å². The number of H-pyrrole nitrogens is 1. The molecule has 0 amide bonds. The standard InChI is InChI=1S/C6H7N3O3/c10-4(11)6(1-2-6)9-3-7-8-5(9)12/h3H,1-2H2,(H,8,12)(H,10,11). The molecule has 0 bridgehead atoms. The zero-order valence-electron chi connectivity index (χ0n) is 6.15. The molecule has 1 saturated carbocycles. The molecule has 0 radical (unpaired) electrons. The molecular formula is C6H7N3O3. The number of carboxylic acid groups (broad SMARTS) is 1. The molecule has 0 aromatic carbocycles. The van der Waals surface area contributed by atoms with Gasteiger partial charge in [0.1, 0.15) is 11.9 Å². The second kappa shape index (κ2) is 1.96. The summed E-state index contributed by atoms with van der Waals surface area (Å²) >= 11 is 0. The van der Waals surface area contributed by atoms with Gasteiger partial charge in [0.05, 0.1) is 0 Å². The van der Waals surface area contributed by atoms with Crippen LogP contribution in [0.5, 0.6) is 0 Å². The lowest BCUT2D eigenvalue weighted by atomic mass is 10.3. The smallest absolute Gasteiger partial charge is 0.344 e. The van der Waals surface area contributed by atoms with E-state index >= 15 is 0 Å². The third-order valence-electron chi connectivity index (χ3n) is 2.14. The van der Waals surface area contributed by atoms with Crippen LogP contribution in [0.4, 0.5) is 0 Å². The molecule has 1 heterocycles. The number of aromatic nitrogens is 3. The third kappa shape index (κ3) is 0.715. The minimum absolute atomic E-state index is 0.463. The summed E-state index contributed by atoms with van der Waals surface area (Å²) in [6.45, 7) is 0. The molecule has 1 aromatic heterocycles. The van der Waals surface area contributed by atoms with Crippen molar-refractivity contribution in [3.8, 4) is 0 Å². The summed E-state index contributed by atoms with van der Waals surface area (Å²) < 4.78 is 1.13. The molecule has 0 spiro atoms. The molecule has 1 aliphatic carbocycles. The van der Waals surface area contributed by atoms with Crippen molar-refractivity contribution < 1.29 is 9.90 Å². The number of nitrogens with one attached hydrogen (secondary N) is 1. The van der Waals surface area contributed by atoms with Crippen LogP contribution in [0, 0.1) is 0 Å². The van der Waals surface area contributed by atoms with Crippen LogP contribution in [0.2, 0.25) is 0 Å². The van der Waals surface area contributed by atoms with Crippen molar-refractivity contribution in [2.75, 3.05) is 0 Å². The van der Waals surface area contributed by atoms with Gasteiger partial charge in [0.2, 0.25) is 0 Å². The largest absolute Gasteiger partial charge is 0.479 e. The van der Waals surface area contributed by atoms with Gasteiger partial charge in [-0.1, -0.05) is 0 Å². The lowest BCUT2D eigenvalue weighted by Crippen LogP contribution is -2.34. The molecule has 2 N–H and O–H groups in total. The van der Waals surface area contributed by atoms with E-state index in [0.29, 0.717) is 12.8 Å². The van der Waals surface area contributed by atoms with Crippen molar-refractivity contribution in [2.45, 2.75) is 18.4 Å². The number of carbonyl (C=O) groups is 1. The fourth-order valence-corrected chi connectivity index (χ4v) is 1.23. The van der Waals surface area contributed by atoms with Crippen molar-refractivity contribution in [1.82, 2.24) is 14.8 Å². The molecule has 1 aromatic rings. The maximum absolute atomic E-state index is 11.0. The zero-order chi connectivity index (χ0) is 8.77. The van der Waals surface area contributed by atoms with E-state index in [1.165, 1.54) is 6.33 Å². The Morgan fingerprint density at radius 3 is 2.75 bits per heavy atom. The van der Waals surface area contributed by atoms with Gasteiger partial charge in [0.15, 0.2) is 0 Å². The number of aromatic amines is 1. The fourth-order valence-electron chi connectivity index (χ4n) is 1.23. The van der Waals surface area contributed by atoms with Crippen molar-refractivity contribution in [3.05, 3.63) is 16.8 Å². The molecule has 6 heteroatoms. The number of rotatable bonds is 2. The SMILES string of the molecule is O=C(O)C1(n2cn[nH]c2=O)CC1. The Morgan fingerprint density at radius 2 is 2.42 bits per heavy atom. The number of hydrogen-bond donors (Lipinski definition) is 2. The van der Waals surface area contributed by atoms with Gasteiger partial charge in [-0.15, -0.1) is 0 Å². The van der Waals surface area contributed by atoms with Crippen LogP contribution >= 0.6 is 0 Å². The lowest BCUT2D eigenvalue weighted by molar-refractivity contribution is -0.142. The van der Waals surface area contributed by atoms with E-state index in [9.17, 15) is 9.59 Å². The van der Waals surface area contributed by atoms with Gasteiger partial charge in [-0.25, -0.2) is 14.7 Å². The van der Waals surface area contributed by atoms with Crippen LogP contribution < -0.4 is 5.69 Å². The molecule has 0 saturated heterocycles. The molecule has 6 nitrogen and oxygen atoms in total. The van der Waals surface area contributed by atoms with E-state index < -0.39 is 17.2 Å². The highest BCUT2D eigenvalue weighted by Crippen LogP contribution is 2.42. The number of aliphatic carboxylic acids is 1. The predicted octanol–water partition coefficient (Wildman–Crippen LogP) is -0.855.